The molecule has 4 nitrogen and oxygen atoms in total. The van der Waals surface area contributed by atoms with Crippen molar-refractivity contribution in [3.8, 4) is 11.8 Å². The third-order valence-corrected chi connectivity index (χ3v) is 1.20. The Morgan fingerprint density at radius 3 is 2.75 bits per heavy atom. The van der Waals surface area contributed by atoms with Gasteiger partial charge in [0.25, 0.3) is 0 Å². The number of hydrogen-bond acceptors (Lipinski definition) is 2. The van der Waals surface area contributed by atoms with Gasteiger partial charge in [-0.2, -0.15) is 0 Å². The molecule has 0 bridgehead atoms. The van der Waals surface area contributed by atoms with Crippen LogP contribution in [0.1, 0.15) is 13.3 Å². The fraction of sp³-hybridized carbons (Fsp3) is 0.625. The zero-order chi connectivity index (χ0) is 9.23. The number of nitrogens with one attached hydrogen (secondary N) is 2. The van der Waals surface area contributed by atoms with Crippen molar-refractivity contribution in [3.05, 3.63) is 0 Å². The number of amides is 2. The smallest absolute Gasteiger partial charge is 0.312 e. The van der Waals surface area contributed by atoms with Crippen LogP contribution in [-0.4, -0.2) is 25.7 Å². The topological polar surface area (TPSA) is 67.2 Å². The van der Waals surface area contributed by atoms with Gasteiger partial charge in [-0.25, -0.2) is 4.79 Å². The monoisotopic (exact) mass is 169 g/mol. The second-order valence-electron chi connectivity index (χ2n) is 2.22. The molecule has 0 aromatic heterocycles. The highest BCUT2D eigenvalue weighted by atomic mass is 16.2. The van der Waals surface area contributed by atoms with Crippen LogP contribution in [0.4, 0.5) is 4.79 Å². The lowest BCUT2D eigenvalue weighted by molar-refractivity contribution is 0.249. The molecule has 4 N–H and O–H groups in total. The first kappa shape index (κ1) is 10.8. The third-order valence-electron chi connectivity index (χ3n) is 1.20. The molecule has 0 radical (unpaired) electrons. The number of nitrogens with two attached hydrogens (primary N) is 1. The molecule has 0 saturated heterocycles. The minimum Gasteiger partial charge on any atom is -0.352 e. The van der Waals surface area contributed by atoms with E-state index in [1.165, 1.54) is 0 Å². The van der Waals surface area contributed by atoms with E-state index in [0.717, 1.165) is 19.5 Å². The highest BCUT2D eigenvalue weighted by molar-refractivity contribution is 5.71. The molecular formula is C8H15N3O. The van der Waals surface area contributed by atoms with Crippen LogP contribution >= 0.6 is 0 Å². The molecule has 4 heteroatoms. The van der Waals surface area contributed by atoms with Crippen molar-refractivity contribution < 1.29 is 4.79 Å². The van der Waals surface area contributed by atoms with Crippen molar-refractivity contribution in [2.75, 3.05) is 19.6 Å². The average Bonchev–Trinajstić information content (AvgIpc) is 2.02. The standard InChI is InChI=1S/C8H15N3O/c1-2-3-4-5-10-6-7-11-8(9)12/h10H,4-7H2,1H3,(H3,9,11,12). The average molecular weight is 169 g/mol. The fourth-order valence-corrected chi connectivity index (χ4v) is 0.675. The molecule has 0 aromatic carbocycles. The molecule has 0 aliphatic heterocycles. The second-order valence-corrected chi connectivity index (χ2v) is 2.22. The second kappa shape index (κ2) is 7.89. The number of hydrogen-bond donors (Lipinski definition) is 3. The first-order chi connectivity index (χ1) is 5.77. The van der Waals surface area contributed by atoms with E-state index in [1.807, 2.05) is 6.92 Å². The SMILES string of the molecule is CC#CCCNCCNC(N)=O. The first-order valence-electron chi connectivity index (χ1n) is 3.91. The number of carbonyl (C=O) groups excluding carboxylic acids is 1. The van der Waals surface area contributed by atoms with E-state index < -0.39 is 6.03 Å². The molecule has 12 heavy (non-hydrogen) atoms. The molecule has 68 valence electrons. The van der Waals surface area contributed by atoms with Gasteiger partial charge in [0.1, 0.15) is 0 Å². The molecule has 0 unspecified atom stereocenters. The Balaban J connectivity index is 2.99. The Kier molecular flexibility index (Phi) is 7.10. The largest absolute Gasteiger partial charge is 0.352 e. The summed E-state index contributed by atoms with van der Waals surface area (Å²) in [6.07, 6.45) is 0.840. The lowest BCUT2D eigenvalue weighted by Gasteiger charge is -2.01. The van der Waals surface area contributed by atoms with E-state index in [1.54, 1.807) is 0 Å². The molecule has 0 rings (SSSR count). The Labute approximate surface area is 72.9 Å². The minimum absolute atomic E-state index is 0.481. The van der Waals surface area contributed by atoms with Crippen LogP contribution in [0.3, 0.4) is 0 Å². The number of rotatable bonds is 5. The van der Waals surface area contributed by atoms with Crippen LogP contribution in [0.5, 0.6) is 0 Å². The van der Waals surface area contributed by atoms with Crippen molar-refractivity contribution in [2.24, 2.45) is 5.73 Å². The first-order valence-corrected chi connectivity index (χ1v) is 3.91. The van der Waals surface area contributed by atoms with Crippen LogP contribution in [0.15, 0.2) is 0 Å². The molecule has 0 aliphatic rings. The summed E-state index contributed by atoms with van der Waals surface area (Å²) in [5.74, 6) is 5.72. The number of carbonyl (C=O) groups is 1. The summed E-state index contributed by atoms with van der Waals surface area (Å²) in [5, 5.41) is 5.58. The Hall–Kier alpha value is -1.21. The molecule has 0 fully saturated rings. The van der Waals surface area contributed by atoms with Gasteiger partial charge in [0, 0.05) is 26.1 Å². The van der Waals surface area contributed by atoms with Crippen LogP contribution in [0.25, 0.3) is 0 Å². The van der Waals surface area contributed by atoms with E-state index in [-0.39, 0.29) is 0 Å². The maximum atomic E-state index is 10.2. The van der Waals surface area contributed by atoms with Gasteiger partial charge in [0.15, 0.2) is 0 Å². The highest BCUT2D eigenvalue weighted by Gasteiger charge is 1.88. The summed E-state index contributed by atoms with van der Waals surface area (Å²) in [4.78, 5) is 10.2. The minimum atomic E-state index is -0.481. The molecule has 0 atom stereocenters. The summed E-state index contributed by atoms with van der Waals surface area (Å²) in [6.45, 7) is 3.96. The van der Waals surface area contributed by atoms with Gasteiger partial charge in [0.2, 0.25) is 0 Å². The maximum absolute atomic E-state index is 10.2. The van der Waals surface area contributed by atoms with E-state index in [0.29, 0.717) is 6.54 Å². The lowest BCUT2D eigenvalue weighted by Crippen LogP contribution is -2.35. The third kappa shape index (κ3) is 8.79. The van der Waals surface area contributed by atoms with Crippen molar-refractivity contribution in [2.45, 2.75) is 13.3 Å². The zero-order valence-electron chi connectivity index (χ0n) is 7.31. The Morgan fingerprint density at radius 1 is 1.42 bits per heavy atom. The quantitative estimate of drug-likeness (QED) is 0.389. The summed E-state index contributed by atoms with van der Waals surface area (Å²) in [5.41, 5.74) is 4.85. The molecule has 0 aliphatic carbocycles. The Morgan fingerprint density at radius 2 is 2.17 bits per heavy atom. The van der Waals surface area contributed by atoms with Gasteiger partial charge in [0.05, 0.1) is 0 Å². The van der Waals surface area contributed by atoms with Crippen molar-refractivity contribution >= 4 is 6.03 Å². The molecule has 0 saturated carbocycles. The van der Waals surface area contributed by atoms with E-state index in [4.69, 9.17) is 5.73 Å². The normalized spacial score (nSPS) is 8.42. The van der Waals surface area contributed by atoms with Gasteiger partial charge in [-0.1, -0.05) is 0 Å². The van der Waals surface area contributed by atoms with Crippen LogP contribution < -0.4 is 16.4 Å². The lowest BCUT2D eigenvalue weighted by atomic mass is 10.4. The van der Waals surface area contributed by atoms with Gasteiger partial charge in [-0.3, -0.25) is 0 Å². The number of primary amides is 1. The summed E-state index contributed by atoms with van der Waals surface area (Å²) < 4.78 is 0. The summed E-state index contributed by atoms with van der Waals surface area (Å²) in [7, 11) is 0. The van der Waals surface area contributed by atoms with Crippen LogP contribution in [0.2, 0.25) is 0 Å². The molecule has 0 heterocycles. The summed E-state index contributed by atoms with van der Waals surface area (Å²) >= 11 is 0. The molecule has 2 amide bonds. The predicted octanol–water partition coefficient (Wildman–Crippen LogP) is -0.342. The van der Waals surface area contributed by atoms with Gasteiger partial charge < -0.3 is 16.4 Å². The van der Waals surface area contributed by atoms with Crippen molar-refractivity contribution in [1.29, 1.82) is 0 Å². The molecule has 0 aromatic rings. The zero-order valence-corrected chi connectivity index (χ0v) is 7.31. The molecule has 0 spiro atoms. The van der Waals surface area contributed by atoms with Crippen molar-refractivity contribution in [3.63, 3.8) is 0 Å². The van der Waals surface area contributed by atoms with Gasteiger partial charge in [-0.05, 0) is 6.92 Å². The van der Waals surface area contributed by atoms with E-state index in [2.05, 4.69) is 22.5 Å². The van der Waals surface area contributed by atoms with Gasteiger partial charge >= 0.3 is 6.03 Å². The van der Waals surface area contributed by atoms with E-state index in [9.17, 15) is 4.79 Å². The highest BCUT2D eigenvalue weighted by Crippen LogP contribution is 1.70. The van der Waals surface area contributed by atoms with E-state index >= 15 is 0 Å². The van der Waals surface area contributed by atoms with Gasteiger partial charge in [-0.15, -0.1) is 11.8 Å². The number of urea groups is 1. The van der Waals surface area contributed by atoms with Crippen molar-refractivity contribution in [1.82, 2.24) is 10.6 Å². The predicted molar refractivity (Wildman–Crippen MR) is 48.5 cm³/mol. The maximum Gasteiger partial charge on any atom is 0.312 e. The molecular weight excluding hydrogens is 154 g/mol. The summed E-state index contributed by atoms with van der Waals surface area (Å²) in [6, 6.07) is -0.481. The Bertz CT molecular complexity index is 180. The van der Waals surface area contributed by atoms with Crippen LogP contribution in [0, 0.1) is 11.8 Å². The fourth-order valence-electron chi connectivity index (χ4n) is 0.675. The van der Waals surface area contributed by atoms with Crippen LogP contribution in [-0.2, 0) is 0 Å².